The highest BCUT2D eigenvalue weighted by atomic mass is 16.3. The number of oxazole rings is 1. The first kappa shape index (κ1) is 23.0. The average Bonchev–Trinajstić information content (AvgIpc) is 3.20. The van der Waals surface area contributed by atoms with Gasteiger partial charge in [-0.1, -0.05) is 6.08 Å². The number of nitrogens with zero attached hydrogens (tertiary/aromatic N) is 5. The lowest BCUT2D eigenvalue weighted by Crippen LogP contribution is -2.51. The van der Waals surface area contributed by atoms with E-state index in [1.165, 1.54) is 32.3 Å². The van der Waals surface area contributed by atoms with Crippen molar-refractivity contribution in [2.75, 3.05) is 39.3 Å². The van der Waals surface area contributed by atoms with Crippen molar-refractivity contribution in [1.82, 2.24) is 30.0 Å². The maximum absolute atomic E-state index is 12.8. The summed E-state index contributed by atoms with van der Waals surface area (Å²) in [5, 5.41) is 4.54. The molecule has 3 aliphatic rings. The molecule has 1 unspecified atom stereocenters. The number of amides is 1. The smallest absolute Gasteiger partial charge is 0.284 e. The Balaban J connectivity index is 1.28. The van der Waals surface area contributed by atoms with Gasteiger partial charge in [-0.05, 0) is 64.9 Å². The molecule has 4 rings (SSSR count). The molecule has 3 aliphatic heterocycles. The number of aromatic nitrogens is 1. The average molecular weight is 444 g/mol. The third-order valence-electron chi connectivity index (χ3n) is 6.86. The van der Waals surface area contributed by atoms with Crippen LogP contribution in [0.25, 0.3) is 0 Å². The number of hydrogen-bond donors (Lipinski definition) is 2. The first-order chi connectivity index (χ1) is 15.5. The fraction of sp³-hybridized carbons (Fsp3) is 0.652. The molecule has 1 aromatic heterocycles. The molecule has 1 atom stereocenters. The minimum atomic E-state index is -0.260. The van der Waals surface area contributed by atoms with E-state index in [1.54, 1.807) is 12.3 Å². The zero-order valence-electron chi connectivity index (χ0n) is 19.3. The number of likely N-dealkylation sites (tertiary alicyclic amines) is 1. The number of nitrogens with one attached hydrogen (secondary N) is 1. The fourth-order valence-electron chi connectivity index (χ4n) is 4.94. The van der Waals surface area contributed by atoms with Crippen molar-refractivity contribution in [3.8, 4) is 0 Å². The quantitative estimate of drug-likeness (QED) is 0.384. The van der Waals surface area contributed by atoms with Crippen LogP contribution in [0.15, 0.2) is 40.9 Å². The van der Waals surface area contributed by atoms with Gasteiger partial charge in [-0.15, -0.1) is 0 Å². The summed E-state index contributed by atoms with van der Waals surface area (Å²) in [6.07, 6.45) is 12.4. The van der Waals surface area contributed by atoms with E-state index in [4.69, 9.17) is 10.3 Å². The Bertz CT molecular complexity index is 799. The van der Waals surface area contributed by atoms with Crippen LogP contribution in [0.1, 0.15) is 38.9 Å². The molecule has 9 nitrogen and oxygen atoms in total. The minimum absolute atomic E-state index is 0.000341. The Kier molecular flexibility index (Phi) is 7.62. The van der Waals surface area contributed by atoms with E-state index in [1.807, 2.05) is 6.08 Å². The molecular formula is C23H37N7O2. The molecule has 1 amide bonds. The van der Waals surface area contributed by atoms with Gasteiger partial charge in [-0.25, -0.2) is 10.8 Å². The van der Waals surface area contributed by atoms with Crippen molar-refractivity contribution in [1.29, 1.82) is 0 Å². The lowest BCUT2D eigenvalue weighted by molar-refractivity contribution is -0.128. The van der Waals surface area contributed by atoms with Gasteiger partial charge in [-0.3, -0.25) is 19.6 Å². The number of nitrogens with two attached hydrogens (primary N) is 1. The molecule has 0 radical (unpaired) electrons. The Hall–Kier alpha value is -2.20. The molecule has 9 heteroatoms. The van der Waals surface area contributed by atoms with E-state index >= 15 is 0 Å². The summed E-state index contributed by atoms with van der Waals surface area (Å²) in [6.45, 7) is 11.4. The van der Waals surface area contributed by atoms with Gasteiger partial charge in [0.15, 0.2) is 6.39 Å². The third-order valence-corrected chi connectivity index (χ3v) is 6.86. The summed E-state index contributed by atoms with van der Waals surface area (Å²) in [5.41, 5.74) is 0.502. The van der Waals surface area contributed by atoms with E-state index < -0.39 is 0 Å². The van der Waals surface area contributed by atoms with Gasteiger partial charge in [0.05, 0.1) is 18.9 Å². The summed E-state index contributed by atoms with van der Waals surface area (Å²) >= 11 is 0. The SMILES string of the molecule is CC(C)N1CCC(N2CCCN(C3C=CC=C(C(=O)N(N)Cc4cnco4)N3)CC2)CC1. The van der Waals surface area contributed by atoms with Crippen LogP contribution in [0.2, 0.25) is 0 Å². The van der Waals surface area contributed by atoms with Gasteiger partial charge >= 0.3 is 0 Å². The minimum Gasteiger partial charge on any atom is -0.447 e. The van der Waals surface area contributed by atoms with Gasteiger partial charge < -0.3 is 14.6 Å². The van der Waals surface area contributed by atoms with E-state index in [-0.39, 0.29) is 18.6 Å². The molecule has 1 aromatic rings. The van der Waals surface area contributed by atoms with Gasteiger partial charge in [-0.2, -0.15) is 0 Å². The number of rotatable bonds is 6. The van der Waals surface area contributed by atoms with Crippen LogP contribution in [-0.4, -0.2) is 88.1 Å². The second-order valence-electron chi connectivity index (χ2n) is 9.24. The van der Waals surface area contributed by atoms with E-state index in [9.17, 15) is 4.79 Å². The monoisotopic (exact) mass is 443 g/mol. The van der Waals surface area contributed by atoms with Crippen molar-refractivity contribution < 1.29 is 9.21 Å². The number of carbonyl (C=O) groups excluding carboxylic acids is 1. The molecule has 0 bridgehead atoms. The maximum atomic E-state index is 12.8. The molecule has 176 valence electrons. The predicted molar refractivity (Wildman–Crippen MR) is 123 cm³/mol. The van der Waals surface area contributed by atoms with Crippen LogP contribution in [0.5, 0.6) is 0 Å². The van der Waals surface area contributed by atoms with E-state index in [2.05, 4.69) is 44.9 Å². The topological polar surface area (TPSA) is 94.1 Å². The van der Waals surface area contributed by atoms with Crippen LogP contribution in [0, 0.1) is 0 Å². The highest BCUT2D eigenvalue weighted by Gasteiger charge is 2.29. The van der Waals surface area contributed by atoms with Crippen molar-refractivity contribution in [2.24, 2.45) is 5.84 Å². The molecule has 0 aliphatic carbocycles. The Morgan fingerprint density at radius 1 is 1.22 bits per heavy atom. The number of piperidine rings is 1. The molecular weight excluding hydrogens is 406 g/mol. The lowest BCUT2D eigenvalue weighted by Gasteiger charge is -2.40. The molecule has 4 heterocycles. The predicted octanol–water partition coefficient (Wildman–Crippen LogP) is 1.13. The second-order valence-corrected chi connectivity index (χ2v) is 9.24. The van der Waals surface area contributed by atoms with Crippen molar-refractivity contribution in [2.45, 2.75) is 57.9 Å². The summed E-state index contributed by atoms with van der Waals surface area (Å²) < 4.78 is 5.19. The number of carbonyl (C=O) groups is 1. The normalized spacial score (nSPS) is 24.2. The van der Waals surface area contributed by atoms with Gasteiger partial charge in [0.25, 0.3) is 5.91 Å². The van der Waals surface area contributed by atoms with E-state index in [0.29, 0.717) is 23.5 Å². The largest absolute Gasteiger partial charge is 0.447 e. The van der Waals surface area contributed by atoms with Crippen LogP contribution in [0.3, 0.4) is 0 Å². The molecule has 0 aromatic carbocycles. The zero-order chi connectivity index (χ0) is 22.5. The third kappa shape index (κ3) is 5.58. The summed E-state index contributed by atoms with van der Waals surface area (Å²) in [7, 11) is 0. The number of allylic oxidation sites excluding steroid dienone is 2. The van der Waals surface area contributed by atoms with Crippen LogP contribution < -0.4 is 11.2 Å². The van der Waals surface area contributed by atoms with Crippen LogP contribution in [-0.2, 0) is 11.3 Å². The molecule has 3 N–H and O–H groups in total. The zero-order valence-corrected chi connectivity index (χ0v) is 19.3. The van der Waals surface area contributed by atoms with Crippen LogP contribution in [0.4, 0.5) is 0 Å². The highest BCUT2D eigenvalue weighted by molar-refractivity contribution is 5.93. The second kappa shape index (κ2) is 10.6. The maximum Gasteiger partial charge on any atom is 0.284 e. The van der Waals surface area contributed by atoms with Gasteiger partial charge in [0.1, 0.15) is 11.5 Å². The first-order valence-electron chi connectivity index (χ1n) is 11.8. The molecule has 0 saturated carbocycles. The standard InChI is InChI=1S/C23H37N7O2/c1-18(2)27-11-7-19(8-12-27)28-9-4-10-29(14-13-28)22-6-3-5-21(26-22)23(31)30(24)16-20-15-25-17-32-20/h3,5-6,15,17-19,22,26H,4,7-14,16,24H2,1-2H3. The molecule has 2 saturated heterocycles. The number of dihydropyridines is 1. The van der Waals surface area contributed by atoms with Crippen molar-refractivity contribution in [3.05, 3.63) is 42.3 Å². The molecule has 2 fully saturated rings. The summed E-state index contributed by atoms with van der Waals surface area (Å²) in [5.74, 6) is 6.28. The molecule has 0 spiro atoms. The van der Waals surface area contributed by atoms with Crippen molar-refractivity contribution in [3.63, 3.8) is 0 Å². The summed E-state index contributed by atoms with van der Waals surface area (Å²) in [6, 6.07) is 1.34. The number of hydrazine groups is 1. The fourth-order valence-corrected chi connectivity index (χ4v) is 4.94. The van der Waals surface area contributed by atoms with Gasteiger partial charge in [0, 0.05) is 31.7 Å². The Morgan fingerprint density at radius 2 is 1.97 bits per heavy atom. The van der Waals surface area contributed by atoms with Crippen LogP contribution >= 0.6 is 0 Å². The molecule has 32 heavy (non-hydrogen) atoms. The highest BCUT2D eigenvalue weighted by Crippen LogP contribution is 2.21. The van der Waals surface area contributed by atoms with Gasteiger partial charge in [0.2, 0.25) is 0 Å². The van der Waals surface area contributed by atoms with Crippen molar-refractivity contribution >= 4 is 5.91 Å². The lowest BCUT2D eigenvalue weighted by atomic mass is 10.0. The number of hydrogen-bond acceptors (Lipinski definition) is 8. The van der Waals surface area contributed by atoms with E-state index in [0.717, 1.165) is 37.6 Å². The summed E-state index contributed by atoms with van der Waals surface area (Å²) in [4.78, 5) is 24.4. The Morgan fingerprint density at radius 3 is 2.69 bits per heavy atom. The first-order valence-corrected chi connectivity index (χ1v) is 11.8. The Labute approximate surface area is 190 Å².